The predicted molar refractivity (Wildman–Crippen MR) is 71.4 cm³/mol. The molecule has 2 atom stereocenters. The van der Waals surface area contributed by atoms with Crippen LogP contribution >= 0.6 is 34.5 Å². The Morgan fingerprint density at radius 1 is 1.56 bits per heavy atom. The van der Waals surface area contributed by atoms with Gasteiger partial charge in [-0.2, -0.15) is 0 Å². The van der Waals surface area contributed by atoms with Gasteiger partial charge < -0.3 is 5.73 Å². The van der Waals surface area contributed by atoms with Gasteiger partial charge in [-0.25, -0.2) is 0 Å². The molecule has 2 nitrogen and oxygen atoms in total. The van der Waals surface area contributed by atoms with Crippen molar-refractivity contribution in [3.8, 4) is 0 Å². The monoisotopic (exact) mass is 278 g/mol. The van der Waals surface area contributed by atoms with E-state index in [1.807, 2.05) is 5.38 Å². The van der Waals surface area contributed by atoms with Gasteiger partial charge in [0.05, 0.1) is 5.02 Å². The zero-order valence-electron chi connectivity index (χ0n) is 9.25. The predicted octanol–water partition coefficient (Wildman–Crippen LogP) is 3.22. The molecule has 1 aliphatic heterocycles. The van der Waals surface area contributed by atoms with Gasteiger partial charge in [-0.15, -0.1) is 11.3 Å². The van der Waals surface area contributed by atoms with Crippen LogP contribution in [0.3, 0.4) is 0 Å². The molecule has 5 heteroatoms. The third-order valence-electron chi connectivity index (χ3n) is 3.21. The van der Waals surface area contributed by atoms with Crippen LogP contribution in [0, 0.1) is 5.92 Å². The largest absolute Gasteiger partial charge is 0.327 e. The van der Waals surface area contributed by atoms with E-state index in [0.717, 1.165) is 31.6 Å². The Kier molecular flexibility index (Phi) is 4.14. The minimum atomic E-state index is 0.345. The SMILES string of the molecule is CC1CN(Cc2csc(Cl)c2Cl)CCC1N. The van der Waals surface area contributed by atoms with Crippen molar-refractivity contribution in [2.75, 3.05) is 13.1 Å². The second kappa shape index (κ2) is 5.23. The van der Waals surface area contributed by atoms with Crippen molar-refractivity contribution in [3.63, 3.8) is 0 Å². The third-order valence-corrected chi connectivity index (χ3v) is 5.12. The van der Waals surface area contributed by atoms with Crippen molar-refractivity contribution in [2.24, 2.45) is 11.7 Å². The van der Waals surface area contributed by atoms with E-state index in [4.69, 9.17) is 28.9 Å². The fraction of sp³-hybridized carbons (Fsp3) is 0.636. The number of nitrogens with zero attached hydrogens (tertiary/aromatic N) is 1. The average Bonchev–Trinajstić information content (AvgIpc) is 2.55. The molecule has 0 aliphatic carbocycles. The highest BCUT2D eigenvalue weighted by molar-refractivity contribution is 7.15. The number of thiophene rings is 1. The van der Waals surface area contributed by atoms with Gasteiger partial charge in [0.25, 0.3) is 0 Å². The Bertz CT molecular complexity index is 367. The molecule has 0 bridgehead atoms. The van der Waals surface area contributed by atoms with E-state index in [1.165, 1.54) is 11.3 Å². The first-order valence-corrected chi connectivity index (χ1v) is 7.10. The minimum Gasteiger partial charge on any atom is -0.327 e. The van der Waals surface area contributed by atoms with Gasteiger partial charge in [-0.1, -0.05) is 30.1 Å². The molecule has 1 aliphatic rings. The number of nitrogens with two attached hydrogens (primary N) is 1. The maximum absolute atomic E-state index is 6.12. The molecule has 1 aromatic heterocycles. The molecule has 0 amide bonds. The number of likely N-dealkylation sites (tertiary alicyclic amines) is 1. The fourth-order valence-corrected chi connectivity index (χ4v) is 3.33. The van der Waals surface area contributed by atoms with E-state index in [2.05, 4.69) is 11.8 Å². The fourth-order valence-electron chi connectivity index (χ4n) is 2.09. The second-order valence-electron chi connectivity index (χ2n) is 4.51. The second-order valence-corrected chi connectivity index (χ2v) is 6.37. The van der Waals surface area contributed by atoms with Crippen LogP contribution in [0.1, 0.15) is 18.9 Å². The van der Waals surface area contributed by atoms with Crippen LogP contribution in [0.4, 0.5) is 0 Å². The maximum Gasteiger partial charge on any atom is 0.112 e. The quantitative estimate of drug-likeness (QED) is 0.900. The minimum absolute atomic E-state index is 0.345. The summed E-state index contributed by atoms with van der Waals surface area (Å²) in [6, 6.07) is 0.345. The molecular weight excluding hydrogens is 263 g/mol. The van der Waals surface area contributed by atoms with Crippen molar-refractivity contribution in [1.82, 2.24) is 4.90 Å². The highest BCUT2D eigenvalue weighted by Crippen LogP contribution is 2.33. The Labute approximate surface area is 110 Å². The van der Waals surface area contributed by atoms with Gasteiger partial charge in [0.1, 0.15) is 4.34 Å². The first-order chi connectivity index (χ1) is 7.58. The summed E-state index contributed by atoms with van der Waals surface area (Å²) in [5, 5.41) is 2.76. The lowest BCUT2D eigenvalue weighted by atomic mass is 9.95. The molecule has 0 saturated carbocycles. The summed E-state index contributed by atoms with van der Waals surface area (Å²) in [6.07, 6.45) is 1.07. The Balaban J connectivity index is 1.98. The van der Waals surface area contributed by atoms with E-state index >= 15 is 0 Å². The molecule has 0 radical (unpaired) electrons. The van der Waals surface area contributed by atoms with Crippen LogP contribution in [0.2, 0.25) is 9.36 Å². The Hall–Kier alpha value is 0.200. The van der Waals surface area contributed by atoms with E-state index in [-0.39, 0.29) is 0 Å². The Morgan fingerprint density at radius 3 is 2.88 bits per heavy atom. The molecule has 2 rings (SSSR count). The summed E-state index contributed by atoms with van der Waals surface area (Å²) in [6.45, 7) is 5.19. The lowest BCUT2D eigenvalue weighted by Crippen LogP contribution is -2.45. The molecule has 2 N–H and O–H groups in total. The molecule has 1 fully saturated rings. The van der Waals surface area contributed by atoms with Gasteiger partial charge in [0.15, 0.2) is 0 Å². The van der Waals surface area contributed by atoms with Crippen molar-refractivity contribution < 1.29 is 0 Å². The summed E-state index contributed by atoms with van der Waals surface area (Å²) in [4.78, 5) is 2.40. The summed E-state index contributed by atoms with van der Waals surface area (Å²) in [5.74, 6) is 0.557. The van der Waals surface area contributed by atoms with Crippen LogP contribution in [-0.4, -0.2) is 24.0 Å². The molecule has 0 aromatic carbocycles. The van der Waals surface area contributed by atoms with Gasteiger partial charge in [-0.05, 0) is 29.8 Å². The molecule has 0 spiro atoms. The highest BCUT2D eigenvalue weighted by Gasteiger charge is 2.23. The summed E-state index contributed by atoms with van der Waals surface area (Å²) >= 11 is 13.6. The summed E-state index contributed by atoms with van der Waals surface area (Å²) < 4.78 is 0.693. The van der Waals surface area contributed by atoms with E-state index in [9.17, 15) is 0 Å². The van der Waals surface area contributed by atoms with Crippen molar-refractivity contribution in [1.29, 1.82) is 0 Å². The van der Waals surface area contributed by atoms with Crippen LogP contribution in [0.15, 0.2) is 5.38 Å². The van der Waals surface area contributed by atoms with Crippen LogP contribution in [0.25, 0.3) is 0 Å². The number of hydrogen-bond acceptors (Lipinski definition) is 3. The molecule has 2 heterocycles. The van der Waals surface area contributed by atoms with Crippen LogP contribution in [0.5, 0.6) is 0 Å². The van der Waals surface area contributed by atoms with E-state index < -0.39 is 0 Å². The number of hydrogen-bond donors (Lipinski definition) is 1. The van der Waals surface area contributed by atoms with Gasteiger partial charge in [-0.3, -0.25) is 4.90 Å². The van der Waals surface area contributed by atoms with Crippen molar-refractivity contribution in [3.05, 3.63) is 20.3 Å². The standard InChI is InChI=1S/C11H16Cl2N2S/c1-7-4-15(3-2-9(7)14)5-8-6-16-11(13)10(8)12/h6-7,9H,2-5,14H2,1H3. The van der Waals surface area contributed by atoms with Crippen molar-refractivity contribution >= 4 is 34.5 Å². The molecule has 1 aromatic rings. The molecule has 1 saturated heterocycles. The maximum atomic E-state index is 6.12. The van der Waals surface area contributed by atoms with Gasteiger partial charge >= 0.3 is 0 Å². The van der Waals surface area contributed by atoms with Gasteiger partial charge in [0, 0.05) is 19.1 Å². The highest BCUT2D eigenvalue weighted by atomic mass is 35.5. The summed E-state index contributed by atoms with van der Waals surface area (Å²) in [7, 11) is 0. The average molecular weight is 279 g/mol. The smallest absolute Gasteiger partial charge is 0.112 e. The van der Waals surface area contributed by atoms with Crippen LogP contribution < -0.4 is 5.73 Å². The summed E-state index contributed by atoms with van der Waals surface area (Å²) in [5.41, 5.74) is 7.13. The number of halogens is 2. The number of rotatable bonds is 2. The van der Waals surface area contributed by atoms with Gasteiger partial charge in [0.2, 0.25) is 0 Å². The molecule has 2 unspecified atom stereocenters. The lowest BCUT2D eigenvalue weighted by Gasteiger charge is -2.34. The molecule has 90 valence electrons. The molecule has 16 heavy (non-hydrogen) atoms. The Morgan fingerprint density at radius 2 is 2.31 bits per heavy atom. The van der Waals surface area contributed by atoms with Crippen molar-refractivity contribution in [2.45, 2.75) is 25.9 Å². The topological polar surface area (TPSA) is 29.3 Å². The normalized spacial score (nSPS) is 27.2. The van der Waals surface area contributed by atoms with E-state index in [0.29, 0.717) is 21.3 Å². The molecular formula is C11H16Cl2N2S. The van der Waals surface area contributed by atoms with Crippen LogP contribution in [-0.2, 0) is 6.54 Å². The zero-order valence-corrected chi connectivity index (χ0v) is 11.6. The first-order valence-electron chi connectivity index (χ1n) is 5.47. The lowest BCUT2D eigenvalue weighted by molar-refractivity contribution is 0.158. The van der Waals surface area contributed by atoms with E-state index in [1.54, 1.807) is 0 Å². The number of piperidine rings is 1. The zero-order chi connectivity index (χ0) is 11.7. The first kappa shape index (κ1) is 12.7. The third kappa shape index (κ3) is 2.71.